The lowest BCUT2D eigenvalue weighted by atomic mass is 10.1. The van der Waals surface area contributed by atoms with Crippen LogP contribution in [0.2, 0.25) is 0 Å². The van der Waals surface area contributed by atoms with Gasteiger partial charge in [-0.3, -0.25) is 4.79 Å². The van der Waals surface area contributed by atoms with Crippen molar-refractivity contribution >= 4 is 23.5 Å². The van der Waals surface area contributed by atoms with E-state index >= 15 is 0 Å². The van der Waals surface area contributed by atoms with Gasteiger partial charge in [0.15, 0.2) is 5.16 Å². The molecule has 0 bridgehead atoms. The molecule has 1 aliphatic carbocycles. The van der Waals surface area contributed by atoms with Crippen molar-refractivity contribution in [2.45, 2.75) is 36.4 Å². The first kappa shape index (κ1) is 21.1. The van der Waals surface area contributed by atoms with Crippen LogP contribution in [0.4, 0.5) is 5.82 Å². The zero-order valence-electron chi connectivity index (χ0n) is 17.6. The van der Waals surface area contributed by atoms with Gasteiger partial charge in [0.2, 0.25) is 0 Å². The first-order chi connectivity index (χ1) is 14.6. The monoisotopic (exact) mass is 427 g/mol. The molecule has 1 aliphatic heterocycles. The highest BCUT2D eigenvalue weighted by Crippen LogP contribution is 2.24. The van der Waals surface area contributed by atoms with Crippen LogP contribution >= 0.6 is 11.8 Å². The van der Waals surface area contributed by atoms with Crippen LogP contribution in [0.25, 0.3) is 0 Å². The highest BCUT2D eigenvalue weighted by Gasteiger charge is 2.23. The van der Waals surface area contributed by atoms with E-state index in [4.69, 9.17) is 9.72 Å². The van der Waals surface area contributed by atoms with Crippen LogP contribution in [0.5, 0.6) is 0 Å². The van der Waals surface area contributed by atoms with E-state index in [0.717, 1.165) is 67.0 Å². The molecule has 0 radical (unpaired) electrons. The SMILES string of the molecule is COCc1cc(N2CCN(C)CC2)nc(SCc2ccc(C(=O)NC3CC3)cc2)n1. The van der Waals surface area contributed by atoms with Crippen molar-refractivity contribution < 1.29 is 9.53 Å². The molecule has 1 aromatic carbocycles. The predicted octanol–water partition coefficient (Wildman–Crippen LogP) is 2.56. The highest BCUT2D eigenvalue weighted by molar-refractivity contribution is 7.98. The summed E-state index contributed by atoms with van der Waals surface area (Å²) in [5.74, 6) is 1.74. The van der Waals surface area contributed by atoms with Gasteiger partial charge in [-0.2, -0.15) is 0 Å². The Morgan fingerprint density at radius 3 is 2.57 bits per heavy atom. The molecule has 1 saturated carbocycles. The predicted molar refractivity (Wildman–Crippen MR) is 119 cm³/mol. The zero-order valence-corrected chi connectivity index (χ0v) is 18.5. The summed E-state index contributed by atoms with van der Waals surface area (Å²) in [6.07, 6.45) is 2.19. The van der Waals surface area contributed by atoms with Crippen molar-refractivity contribution in [1.82, 2.24) is 20.2 Å². The van der Waals surface area contributed by atoms with Gasteiger partial charge in [-0.15, -0.1) is 0 Å². The maximum Gasteiger partial charge on any atom is 0.251 e. The lowest BCUT2D eigenvalue weighted by Crippen LogP contribution is -2.44. The minimum absolute atomic E-state index is 0.0177. The van der Waals surface area contributed by atoms with Crippen molar-refractivity contribution in [3.63, 3.8) is 0 Å². The second kappa shape index (κ2) is 9.76. The summed E-state index contributed by atoms with van der Waals surface area (Å²) < 4.78 is 5.31. The minimum Gasteiger partial charge on any atom is -0.378 e. The number of likely N-dealkylation sites (N-methyl/N-ethyl adjacent to an activating group) is 1. The molecule has 2 heterocycles. The number of carbonyl (C=O) groups is 1. The molecule has 0 spiro atoms. The van der Waals surface area contributed by atoms with E-state index in [1.807, 2.05) is 30.3 Å². The number of thioether (sulfide) groups is 1. The Morgan fingerprint density at radius 2 is 1.90 bits per heavy atom. The smallest absolute Gasteiger partial charge is 0.251 e. The van der Waals surface area contributed by atoms with Gasteiger partial charge in [-0.1, -0.05) is 23.9 Å². The maximum absolute atomic E-state index is 12.1. The number of methoxy groups -OCH3 is 1. The Hall–Kier alpha value is -2.16. The van der Waals surface area contributed by atoms with E-state index < -0.39 is 0 Å². The topological polar surface area (TPSA) is 70.6 Å². The molecule has 1 N–H and O–H groups in total. The third-order valence-electron chi connectivity index (χ3n) is 5.36. The molecule has 0 unspecified atom stereocenters. The van der Waals surface area contributed by atoms with E-state index in [2.05, 4.69) is 27.1 Å². The summed E-state index contributed by atoms with van der Waals surface area (Å²) in [6.45, 7) is 4.48. The highest BCUT2D eigenvalue weighted by atomic mass is 32.2. The number of aromatic nitrogens is 2. The lowest BCUT2D eigenvalue weighted by molar-refractivity contribution is 0.0951. The normalized spacial score (nSPS) is 17.2. The molecular weight excluding hydrogens is 398 g/mol. The molecule has 1 saturated heterocycles. The van der Waals surface area contributed by atoms with E-state index in [1.54, 1.807) is 18.9 Å². The molecule has 0 atom stereocenters. The molecular formula is C22H29N5O2S. The van der Waals surface area contributed by atoms with Crippen molar-refractivity contribution in [2.75, 3.05) is 45.2 Å². The van der Waals surface area contributed by atoms with Crippen LogP contribution in [0, 0.1) is 0 Å². The third kappa shape index (κ3) is 5.71. The molecule has 2 aliphatic rings. The summed E-state index contributed by atoms with van der Waals surface area (Å²) in [7, 11) is 3.83. The number of rotatable bonds is 8. The average Bonchev–Trinajstić information content (AvgIpc) is 3.57. The molecule has 7 nitrogen and oxygen atoms in total. The number of nitrogens with zero attached hydrogens (tertiary/aromatic N) is 4. The number of ether oxygens (including phenoxy) is 1. The number of carbonyl (C=O) groups excluding carboxylic acids is 1. The number of hydrogen-bond donors (Lipinski definition) is 1. The number of hydrogen-bond acceptors (Lipinski definition) is 7. The Morgan fingerprint density at radius 1 is 1.17 bits per heavy atom. The Balaban J connectivity index is 1.41. The largest absolute Gasteiger partial charge is 0.378 e. The van der Waals surface area contributed by atoms with Crippen molar-refractivity contribution in [3.05, 3.63) is 47.2 Å². The summed E-state index contributed by atoms with van der Waals surface area (Å²) in [4.78, 5) is 26.2. The Kier molecular flexibility index (Phi) is 6.86. The van der Waals surface area contributed by atoms with Gasteiger partial charge < -0.3 is 19.9 Å². The second-order valence-electron chi connectivity index (χ2n) is 7.96. The molecule has 2 aromatic rings. The average molecular weight is 428 g/mol. The van der Waals surface area contributed by atoms with E-state index in [-0.39, 0.29) is 5.91 Å². The van der Waals surface area contributed by atoms with Crippen LogP contribution in [-0.4, -0.2) is 67.2 Å². The van der Waals surface area contributed by atoms with Gasteiger partial charge in [0, 0.05) is 56.7 Å². The molecule has 160 valence electrons. The van der Waals surface area contributed by atoms with Crippen LogP contribution in [0.1, 0.15) is 34.5 Å². The minimum atomic E-state index is 0.0177. The summed E-state index contributed by atoms with van der Waals surface area (Å²) in [5, 5.41) is 3.78. The van der Waals surface area contributed by atoms with Gasteiger partial charge in [-0.05, 0) is 37.6 Å². The van der Waals surface area contributed by atoms with Crippen LogP contribution in [0.3, 0.4) is 0 Å². The Bertz CT molecular complexity index is 864. The fourth-order valence-corrected chi connectivity index (χ4v) is 4.17. The van der Waals surface area contributed by atoms with E-state index in [9.17, 15) is 4.79 Å². The van der Waals surface area contributed by atoms with Crippen molar-refractivity contribution in [2.24, 2.45) is 0 Å². The fourth-order valence-electron chi connectivity index (χ4n) is 3.34. The molecule has 30 heavy (non-hydrogen) atoms. The van der Waals surface area contributed by atoms with Gasteiger partial charge >= 0.3 is 0 Å². The summed E-state index contributed by atoms with van der Waals surface area (Å²) >= 11 is 1.61. The van der Waals surface area contributed by atoms with Crippen LogP contribution in [0.15, 0.2) is 35.5 Å². The fraction of sp³-hybridized carbons (Fsp3) is 0.500. The van der Waals surface area contributed by atoms with Crippen LogP contribution in [-0.2, 0) is 17.1 Å². The van der Waals surface area contributed by atoms with Crippen LogP contribution < -0.4 is 10.2 Å². The maximum atomic E-state index is 12.1. The van der Waals surface area contributed by atoms with E-state index in [1.165, 1.54) is 0 Å². The number of nitrogens with one attached hydrogen (secondary N) is 1. The number of benzene rings is 1. The second-order valence-corrected chi connectivity index (χ2v) is 8.90. The van der Waals surface area contributed by atoms with Gasteiger partial charge in [0.25, 0.3) is 5.91 Å². The van der Waals surface area contributed by atoms with Crippen molar-refractivity contribution in [3.8, 4) is 0 Å². The van der Waals surface area contributed by atoms with Crippen molar-refractivity contribution in [1.29, 1.82) is 0 Å². The van der Waals surface area contributed by atoms with Gasteiger partial charge in [0.1, 0.15) is 5.82 Å². The molecule has 2 fully saturated rings. The quantitative estimate of drug-likeness (QED) is 0.513. The summed E-state index contributed by atoms with van der Waals surface area (Å²) in [5.41, 5.74) is 2.76. The number of piperazine rings is 1. The molecule has 8 heteroatoms. The Labute approximate surface area is 182 Å². The lowest BCUT2D eigenvalue weighted by Gasteiger charge is -2.33. The first-order valence-corrected chi connectivity index (χ1v) is 11.4. The first-order valence-electron chi connectivity index (χ1n) is 10.4. The molecule has 1 amide bonds. The molecule has 4 rings (SSSR count). The number of anilines is 1. The van der Waals surface area contributed by atoms with E-state index in [0.29, 0.717) is 18.2 Å². The number of amides is 1. The standard InChI is InChI=1S/C22H29N5O2S/c1-26-9-11-27(12-10-26)20-13-19(14-29-2)24-22(25-20)30-15-16-3-5-17(6-4-16)21(28)23-18-7-8-18/h3-6,13,18H,7-12,14-15H2,1-2H3,(H,23,28). The van der Waals surface area contributed by atoms with Gasteiger partial charge in [0.05, 0.1) is 12.3 Å². The zero-order chi connectivity index (χ0) is 20.9. The third-order valence-corrected chi connectivity index (χ3v) is 6.28. The van der Waals surface area contributed by atoms with Gasteiger partial charge in [-0.25, -0.2) is 9.97 Å². The molecule has 1 aromatic heterocycles. The summed E-state index contributed by atoms with van der Waals surface area (Å²) in [6, 6.07) is 10.2.